The lowest BCUT2D eigenvalue weighted by molar-refractivity contribution is 0.0574. The first-order valence-corrected chi connectivity index (χ1v) is 8.13. The molecule has 0 atom stereocenters. The maximum Gasteiger partial charge on any atom is 0.273 e. The first-order valence-electron chi connectivity index (χ1n) is 6.21. The van der Waals surface area contributed by atoms with Crippen LogP contribution in [0.5, 0.6) is 0 Å². The van der Waals surface area contributed by atoms with E-state index in [1.165, 1.54) is 6.42 Å². The van der Waals surface area contributed by atoms with Crippen LogP contribution in [0.25, 0.3) is 0 Å². The molecule has 1 aliphatic carbocycles. The average molecular weight is 376 g/mol. The molecule has 0 radical (unpaired) electrons. The van der Waals surface area contributed by atoms with Crippen molar-refractivity contribution in [3.05, 3.63) is 28.5 Å². The summed E-state index contributed by atoms with van der Waals surface area (Å²) in [6.07, 6.45) is 6.12. The Morgan fingerprint density at radius 2 is 2.28 bits per heavy atom. The molecule has 5 heteroatoms. The number of carbonyl (C=O) groups excluding carboxylic acids is 1. The van der Waals surface area contributed by atoms with Crippen LogP contribution in [-0.4, -0.2) is 33.7 Å². The highest BCUT2D eigenvalue weighted by molar-refractivity contribution is 9.10. The van der Waals surface area contributed by atoms with Gasteiger partial charge >= 0.3 is 0 Å². The van der Waals surface area contributed by atoms with Gasteiger partial charge < -0.3 is 4.90 Å². The SMILES string of the molecule is O=C(c1ncccc1Br)N(CCCBr)C1CCC1. The lowest BCUT2D eigenvalue weighted by Crippen LogP contribution is -2.45. The summed E-state index contributed by atoms with van der Waals surface area (Å²) in [5.41, 5.74) is 0.527. The van der Waals surface area contributed by atoms with E-state index in [9.17, 15) is 4.79 Å². The van der Waals surface area contributed by atoms with E-state index < -0.39 is 0 Å². The second-order valence-corrected chi connectivity index (χ2v) is 6.11. The van der Waals surface area contributed by atoms with Crippen LogP contribution in [0.3, 0.4) is 0 Å². The fraction of sp³-hybridized carbons (Fsp3) is 0.538. The number of nitrogens with zero attached hydrogens (tertiary/aromatic N) is 2. The minimum atomic E-state index is 0.0492. The minimum Gasteiger partial charge on any atom is -0.334 e. The number of aromatic nitrogens is 1. The number of rotatable bonds is 5. The van der Waals surface area contributed by atoms with E-state index in [0.29, 0.717) is 11.7 Å². The van der Waals surface area contributed by atoms with Gasteiger partial charge in [-0.05, 0) is 53.7 Å². The molecule has 0 aliphatic heterocycles. The minimum absolute atomic E-state index is 0.0492. The fourth-order valence-electron chi connectivity index (χ4n) is 2.06. The van der Waals surface area contributed by atoms with E-state index in [2.05, 4.69) is 36.8 Å². The molecule has 1 heterocycles. The van der Waals surface area contributed by atoms with Crippen molar-refractivity contribution < 1.29 is 4.79 Å². The zero-order valence-corrected chi connectivity index (χ0v) is 13.3. The second-order valence-electron chi connectivity index (χ2n) is 4.46. The number of carbonyl (C=O) groups is 1. The van der Waals surface area contributed by atoms with Gasteiger partial charge in [0.15, 0.2) is 0 Å². The Morgan fingerprint density at radius 1 is 1.50 bits per heavy atom. The zero-order chi connectivity index (χ0) is 13.0. The summed E-state index contributed by atoms with van der Waals surface area (Å²) < 4.78 is 0.776. The van der Waals surface area contributed by atoms with Gasteiger partial charge in [-0.3, -0.25) is 4.79 Å². The molecule has 0 unspecified atom stereocenters. The average Bonchev–Trinajstić information content (AvgIpc) is 2.32. The third kappa shape index (κ3) is 3.12. The van der Waals surface area contributed by atoms with Gasteiger partial charge in [0.25, 0.3) is 5.91 Å². The highest BCUT2D eigenvalue weighted by Crippen LogP contribution is 2.27. The molecule has 1 saturated carbocycles. The largest absolute Gasteiger partial charge is 0.334 e. The van der Waals surface area contributed by atoms with Crippen LogP contribution in [0.4, 0.5) is 0 Å². The van der Waals surface area contributed by atoms with E-state index in [4.69, 9.17) is 0 Å². The molecule has 1 aliphatic rings. The molecule has 3 nitrogen and oxygen atoms in total. The summed E-state index contributed by atoms with van der Waals surface area (Å²) in [6.45, 7) is 0.803. The summed E-state index contributed by atoms with van der Waals surface area (Å²) in [7, 11) is 0. The van der Waals surface area contributed by atoms with Crippen molar-refractivity contribution in [2.75, 3.05) is 11.9 Å². The maximum absolute atomic E-state index is 12.5. The van der Waals surface area contributed by atoms with Gasteiger partial charge in [-0.15, -0.1) is 0 Å². The van der Waals surface area contributed by atoms with Gasteiger partial charge in [0.05, 0.1) is 0 Å². The number of hydrogen-bond donors (Lipinski definition) is 0. The van der Waals surface area contributed by atoms with E-state index in [1.807, 2.05) is 17.0 Å². The van der Waals surface area contributed by atoms with Crippen LogP contribution >= 0.6 is 31.9 Å². The van der Waals surface area contributed by atoms with Crippen LogP contribution in [0.15, 0.2) is 22.8 Å². The molecular formula is C13H16Br2N2O. The van der Waals surface area contributed by atoms with Gasteiger partial charge in [0.1, 0.15) is 5.69 Å². The zero-order valence-electron chi connectivity index (χ0n) is 10.1. The quantitative estimate of drug-likeness (QED) is 0.736. The molecule has 18 heavy (non-hydrogen) atoms. The summed E-state index contributed by atoms with van der Waals surface area (Å²) in [6, 6.07) is 4.10. The van der Waals surface area contributed by atoms with Gasteiger partial charge in [-0.2, -0.15) is 0 Å². The molecule has 1 aromatic heterocycles. The van der Waals surface area contributed by atoms with Crippen LogP contribution < -0.4 is 0 Å². The molecule has 0 spiro atoms. The standard InChI is InChI=1S/C13H16Br2N2O/c14-7-3-9-17(10-4-1-5-10)13(18)12-11(15)6-2-8-16-12/h2,6,8,10H,1,3-5,7,9H2. The first kappa shape index (κ1) is 14.0. The van der Waals surface area contributed by atoms with E-state index in [-0.39, 0.29) is 5.91 Å². The van der Waals surface area contributed by atoms with E-state index in [0.717, 1.165) is 35.6 Å². The number of hydrogen-bond acceptors (Lipinski definition) is 2. The maximum atomic E-state index is 12.5. The van der Waals surface area contributed by atoms with Crippen molar-refractivity contribution >= 4 is 37.8 Å². The molecule has 1 amide bonds. The van der Waals surface area contributed by atoms with Crippen molar-refractivity contribution in [3.63, 3.8) is 0 Å². The van der Waals surface area contributed by atoms with Gasteiger partial charge in [0, 0.05) is 28.6 Å². The summed E-state index contributed by atoms with van der Waals surface area (Å²) in [4.78, 5) is 18.7. The van der Waals surface area contributed by atoms with Gasteiger partial charge in [-0.1, -0.05) is 15.9 Å². The Labute approximate surface area is 124 Å². The first-order chi connectivity index (χ1) is 8.74. The smallest absolute Gasteiger partial charge is 0.273 e. The van der Waals surface area contributed by atoms with Crippen LogP contribution in [0, 0.1) is 0 Å². The Balaban J connectivity index is 2.14. The topological polar surface area (TPSA) is 33.2 Å². The van der Waals surface area contributed by atoms with Gasteiger partial charge in [-0.25, -0.2) is 4.98 Å². The third-order valence-electron chi connectivity index (χ3n) is 3.27. The highest BCUT2D eigenvalue weighted by Gasteiger charge is 2.30. The fourth-order valence-corrected chi connectivity index (χ4v) is 2.73. The molecule has 0 N–H and O–H groups in total. The number of amides is 1. The van der Waals surface area contributed by atoms with E-state index >= 15 is 0 Å². The number of halogens is 2. The van der Waals surface area contributed by atoms with Gasteiger partial charge in [0.2, 0.25) is 0 Å². The molecular weight excluding hydrogens is 360 g/mol. The molecule has 0 bridgehead atoms. The summed E-state index contributed by atoms with van der Waals surface area (Å²) in [5.74, 6) is 0.0492. The van der Waals surface area contributed by atoms with Crippen molar-refractivity contribution in [2.45, 2.75) is 31.7 Å². The Morgan fingerprint density at radius 3 is 2.83 bits per heavy atom. The number of alkyl halides is 1. The van der Waals surface area contributed by atoms with Crippen LogP contribution in [0.1, 0.15) is 36.2 Å². The Kier molecular flexibility index (Phi) is 5.18. The molecule has 1 fully saturated rings. The van der Waals surface area contributed by atoms with Crippen molar-refractivity contribution in [1.29, 1.82) is 0 Å². The summed E-state index contributed by atoms with van der Waals surface area (Å²) in [5, 5.41) is 0.923. The van der Waals surface area contributed by atoms with Crippen molar-refractivity contribution in [1.82, 2.24) is 9.88 Å². The monoisotopic (exact) mass is 374 g/mol. The van der Waals surface area contributed by atoms with E-state index in [1.54, 1.807) is 6.20 Å². The predicted octanol–water partition coefficient (Wildman–Crippen LogP) is 3.62. The summed E-state index contributed by atoms with van der Waals surface area (Å²) >= 11 is 6.83. The lowest BCUT2D eigenvalue weighted by Gasteiger charge is -2.37. The van der Waals surface area contributed by atoms with Crippen molar-refractivity contribution in [2.24, 2.45) is 0 Å². The Hall–Kier alpha value is -0.420. The molecule has 0 aromatic carbocycles. The highest BCUT2D eigenvalue weighted by atomic mass is 79.9. The second kappa shape index (κ2) is 6.66. The number of pyridine rings is 1. The molecule has 2 rings (SSSR count). The molecule has 98 valence electrons. The third-order valence-corrected chi connectivity index (χ3v) is 4.47. The Bertz CT molecular complexity index is 421. The normalized spacial score (nSPS) is 15.2. The van der Waals surface area contributed by atoms with Crippen molar-refractivity contribution in [3.8, 4) is 0 Å². The lowest BCUT2D eigenvalue weighted by atomic mass is 9.91. The van der Waals surface area contributed by atoms with Crippen LogP contribution in [0.2, 0.25) is 0 Å². The molecule has 0 saturated heterocycles. The van der Waals surface area contributed by atoms with Crippen LogP contribution in [-0.2, 0) is 0 Å². The predicted molar refractivity (Wildman–Crippen MR) is 79.0 cm³/mol. The molecule has 1 aromatic rings.